The van der Waals surface area contributed by atoms with E-state index in [0.29, 0.717) is 5.91 Å². The summed E-state index contributed by atoms with van der Waals surface area (Å²) >= 11 is 3.49. The van der Waals surface area contributed by atoms with Gasteiger partial charge in [0.2, 0.25) is 5.91 Å². The van der Waals surface area contributed by atoms with Crippen molar-refractivity contribution in [3.8, 4) is 0 Å². The van der Waals surface area contributed by atoms with Gasteiger partial charge in [0.05, 0.1) is 0 Å². The third kappa shape index (κ3) is 1.89. The Balaban J connectivity index is 1.89. The van der Waals surface area contributed by atoms with Crippen LogP contribution in [-0.2, 0) is 4.79 Å². The van der Waals surface area contributed by atoms with Gasteiger partial charge in [0.1, 0.15) is 11.7 Å². The first-order chi connectivity index (χ1) is 8.68. The van der Waals surface area contributed by atoms with E-state index in [1.54, 1.807) is 23.1 Å². The molecule has 1 aliphatic carbocycles. The predicted molar refractivity (Wildman–Crippen MR) is 76.9 cm³/mol. The maximum atomic E-state index is 12.6. The second-order valence-corrected chi connectivity index (χ2v) is 6.89. The van der Waals surface area contributed by atoms with Crippen molar-refractivity contribution in [1.29, 1.82) is 0 Å². The Morgan fingerprint density at radius 2 is 2.44 bits per heavy atom. The molecule has 0 radical (unpaired) electrons. The van der Waals surface area contributed by atoms with Gasteiger partial charge in [0.25, 0.3) is 0 Å². The molecule has 1 aromatic heterocycles. The molecule has 1 N–H and O–H groups in total. The van der Waals surface area contributed by atoms with Crippen molar-refractivity contribution in [2.75, 3.05) is 12.0 Å². The number of hydrogen-bond acceptors (Lipinski definition) is 4. The van der Waals surface area contributed by atoms with Crippen molar-refractivity contribution in [2.45, 2.75) is 37.5 Å². The van der Waals surface area contributed by atoms with Crippen LogP contribution in [-0.4, -0.2) is 34.4 Å². The highest BCUT2D eigenvalue weighted by molar-refractivity contribution is 7.98. The van der Waals surface area contributed by atoms with Crippen LogP contribution in [0.4, 0.5) is 0 Å². The summed E-state index contributed by atoms with van der Waals surface area (Å²) in [6.07, 6.45) is 4.16. The molecular formula is C13H18N2OS2. The number of rotatable bonds is 4. The van der Waals surface area contributed by atoms with E-state index < -0.39 is 0 Å². The zero-order valence-electron chi connectivity index (χ0n) is 10.7. The van der Waals surface area contributed by atoms with Crippen LogP contribution in [0.15, 0.2) is 16.8 Å². The second-order valence-electron chi connectivity index (χ2n) is 5.20. The summed E-state index contributed by atoms with van der Waals surface area (Å²) in [4.78, 5) is 14.6. The Bertz CT molecular complexity index is 442. The number of hydrogen-bond donors (Lipinski definition) is 1. The number of thiophene rings is 1. The zero-order chi connectivity index (χ0) is 12.8. The molecule has 2 unspecified atom stereocenters. The minimum absolute atomic E-state index is 0.0772. The molecule has 2 aliphatic rings. The molecule has 3 nitrogen and oxygen atoms in total. The van der Waals surface area contributed by atoms with E-state index in [2.05, 4.69) is 40.2 Å². The lowest BCUT2D eigenvalue weighted by Crippen LogP contribution is -2.40. The summed E-state index contributed by atoms with van der Waals surface area (Å²) in [6, 6.07) is 2.40. The van der Waals surface area contributed by atoms with Gasteiger partial charge < -0.3 is 4.90 Å². The maximum absolute atomic E-state index is 12.6. The van der Waals surface area contributed by atoms with Crippen LogP contribution in [0, 0.1) is 0 Å². The molecule has 1 saturated heterocycles. The van der Waals surface area contributed by atoms with Gasteiger partial charge in [-0.3, -0.25) is 10.1 Å². The quantitative estimate of drug-likeness (QED) is 0.921. The van der Waals surface area contributed by atoms with E-state index in [0.717, 1.165) is 18.6 Å². The Hall–Kier alpha value is -0.520. The number of carbonyl (C=O) groups is 1. The number of nitrogens with one attached hydrogen (secondary N) is 1. The van der Waals surface area contributed by atoms with Crippen molar-refractivity contribution in [2.24, 2.45) is 0 Å². The van der Waals surface area contributed by atoms with Crippen molar-refractivity contribution in [3.05, 3.63) is 22.4 Å². The summed E-state index contributed by atoms with van der Waals surface area (Å²) in [5.41, 5.74) is 1.00. The predicted octanol–water partition coefficient (Wildman–Crippen LogP) is 2.46. The fourth-order valence-corrected chi connectivity index (χ4v) is 4.01. The summed E-state index contributed by atoms with van der Waals surface area (Å²) in [5.74, 6) is 1.30. The lowest BCUT2D eigenvalue weighted by Gasteiger charge is -2.29. The lowest BCUT2D eigenvalue weighted by molar-refractivity contribution is -0.132. The van der Waals surface area contributed by atoms with Crippen molar-refractivity contribution in [1.82, 2.24) is 10.2 Å². The van der Waals surface area contributed by atoms with Crippen LogP contribution in [0.2, 0.25) is 0 Å². The maximum Gasteiger partial charge on any atom is 0.244 e. The van der Waals surface area contributed by atoms with Gasteiger partial charge >= 0.3 is 0 Å². The average molecular weight is 282 g/mol. The largest absolute Gasteiger partial charge is 0.318 e. The van der Waals surface area contributed by atoms with Gasteiger partial charge in [-0.15, -0.1) is 0 Å². The first-order valence-electron chi connectivity index (χ1n) is 6.29. The van der Waals surface area contributed by atoms with Crippen LogP contribution in [0.25, 0.3) is 0 Å². The Morgan fingerprint density at radius 3 is 3.00 bits per heavy atom. The van der Waals surface area contributed by atoms with Crippen LogP contribution >= 0.6 is 23.1 Å². The fraction of sp³-hybridized carbons (Fsp3) is 0.615. The molecule has 18 heavy (non-hydrogen) atoms. The lowest BCUT2D eigenvalue weighted by atomic mass is 10.2. The van der Waals surface area contributed by atoms with Gasteiger partial charge in [0.15, 0.2) is 0 Å². The molecule has 0 aromatic carbocycles. The molecule has 1 aliphatic heterocycles. The minimum Gasteiger partial charge on any atom is -0.318 e. The van der Waals surface area contributed by atoms with Crippen molar-refractivity contribution < 1.29 is 4.79 Å². The molecule has 1 aromatic rings. The van der Waals surface area contributed by atoms with E-state index in [9.17, 15) is 4.79 Å². The van der Waals surface area contributed by atoms with Gasteiger partial charge in [-0.25, -0.2) is 0 Å². The molecule has 2 fully saturated rings. The van der Waals surface area contributed by atoms with Crippen molar-refractivity contribution in [3.63, 3.8) is 0 Å². The summed E-state index contributed by atoms with van der Waals surface area (Å²) in [5, 5.41) is 7.78. The molecular weight excluding hydrogens is 264 g/mol. The highest BCUT2D eigenvalue weighted by Crippen LogP contribution is 2.47. The summed E-state index contributed by atoms with van der Waals surface area (Å²) < 4.78 is 0. The minimum atomic E-state index is -0.223. The first kappa shape index (κ1) is 12.5. The Kier molecular flexibility index (Phi) is 3.16. The van der Waals surface area contributed by atoms with Gasteiger partial charge in [-0.1, -0.05) is 0 Å². The van der Waals surface area contributed by atoms with Crippen molar-refractivity contribution >= 4 is 29.0 Å². The van der Waals surface area contributed by atoms with E-state index >= 15 is 0 Å². The van der Waals surface area contributed by atoms with E-state index in [1.165, 1.54) is 5.56 Å². The van der Waals surface area contributed by atoms with Crippen LogP contribution in [0.1, 0.15) is 31.5 Å². The van der Waals surface area contributed by atoms with Crippen LogP contribution in [0.5, 0.6) is 0 Å². The summed E-state index contributed by atoms with van der Waals surface area (Å²) in [7, 11) is 0. The smallest absolute Gasteiger partial charge is 0.244 e. The molecule has 1 amide bonds. The molecule has 1 spiro atoms. The Morgan fingerprint density at radius 1 is 1.67 bits per heavy atom. The van der Waals surface area contributed by atoms with Crippen LogP contribution < -0.4 is 5.32 Å². The molecule has 3 rings (SSSR count). The van der Waals surface area contributed by atoms with E-state index in [1.807, 2.05) is 0 Å². The first-order valence-corrected chi connectivity index (χ1v) is 8.63. The van der Waals surface area contributed by atoms with Crippen LogP contribution in [0.3, 0.4) is 0 Å². The normalized spacial score (nSPS) is 26.9. The number of carbonyl (C=O) groups excluding carboxylic acids is 1. The Labute approximate surface area is 116 Å². The topological polar surface area (TPSA) is 32.3 Å². The number of thioether (sulfide) groups is 1. The van der Waals surface area contributed by atoms with Gasteiger partial charge in [-0.05, 0) is 48.4 Å². The molecule has 0 bridgehead atoms. The molecule has 1 saturated carbocycles. The summed E-state index contributed by atoms with van der Waals surface area (Å²) in [6.45, 7) is 2.15. The van der Waals surface area contributed by atoms with E-state index in [-0.39, 0.29) is 17.7 Å². The average Bonchev–Trinajstić information content (AvgIpc) is 2.83. The second kappa shape index (κ2) is 4.54. The number of amides is 1. The monoisotopic (exact) mass is 282 g/mol. The highest BCUT2D eigenvalue weighted by Gasteiger charge is 2.60. The SMILES string of the molecule is CSCC(C)N1C(=O)C2(CC2)NC1c1ccsc1. The molecule has 98 valence electrons. The highest BCUT2D eigenvalue weighted by atomic mass is 32.2. The zero-order valence-corrected chi connectivity index (χ0v) is 12.3. The molecule has 2 atom stereocenters. The third-order valence-corrected chi connectivity index (χ3v) is 5.34. The standard InChI is InChI=1S/C13H18N2OS2/c1-9(7-17-2)15-11(10-3-6-18-8-10)14-13(4-5-13)12(15)16/h3,6,8-9,11,14H,4-5,7H2,1-2H3. The van der Waals surface area contributed by atoms with E-state index in [4.69, 9.17) is 0 Å². The van der Waals surface area contributed by atoms with Gasteiger partial charge in [-0.2, -0.15) is 23.1 Å². The number of nitrogens with zero attached hydrogens (tertiary/aromatic N) is 1. The molecule has 2 heterocycles. The fourth-order valence-electron chi connectivity index (χ4n) is 2.69. The molecule has 5 heteroatoms. The third-order valence-electron chi connectivity index (χ3n) is 3.83. The van der Waals surface area contributed by atoms with Gasteiger partial charge in [0, 0.05) is 11.8 Å².